The van der Waals surface area contributed by atoms with Crippen molar-refractivity contribution < 1.29 is 45.9 Å². The van der Waals surface area contributed by atoms with E-state index in [2.05, 4.69) is 25.3 Å². The lowest BCUT2D eigenvalue weighted by molar-refractivity contribution is -0.142. The molecule has 1 saturated heterocycles. The Balaban J connectivity index is 1.35. The van der Waals surface area contributed by atoms with Gasteiger partial charge in [-0.25, -0.2) is 22.2 Å². The third-order valence-corrected chi connectivity index (χ3v) is 13.2. The van der Waals surface area contributed by atoms with Crippen LogP contribution in [-0.4, -0.2) is 102 Å². The van der Waals surface area contributed by atoms with Crippen LogP contribution in [0.5, 0.6) is 11.6 Å². The Hall–Kier alpha value is -5.00. The van der Waals surface area contributed by atoms with Gasteiger partial charge in [-0.15, -0.1) is 0 Å². The largest absolute Gasteiger partial charge is 0.488 e. The van der Waals surface area contributed by atoms with Crippen LogP contribution >= 0.6 is 0 Å². The number of nitrogens with zero attached hydrogens (tertiary/aromatic N) is 3. The van der Waals surface area contributed by atoms with Crippen LogP contribution in [0, 0.1) is 23.0 Å². The molecule has 1 aromatic carbocycles. The maximum atomic E-state index is 15.1. The van der Waals surface area contributed by atoms with E-state index in [4.69, 9.17) is 14.9 Å². The molecule has 2 aliphatic carbocycles. The third-order valence-electron chi connectivity index (χ3n) is 11.0. The Labute approximate surface area is 330 Å². The molecule has 2 aromatic rings. The Kier molecular flexibility index (Phi) is 12.0. The summed E-state index contributed by atoms with van der Waals surface area (Å²) >= 11 is 0. The minimum absolute atomic E-state index is 0.0483. The van der Waals surface area contributed by atoms with Crippen molar-refractivity contribution in [3.63, 3.8) is 0 Å². The molecule has 0 radical (unpaired) electrons. The summed E-state index contributed by atoms with van der Waals surface area (Å²) < 4.78 is 68.9. The fraction of sp³-hybridized carbons (Fsp3) is 0.564. The number of halogens is 2. The van der Waals surface area contributed by atoms with E-state index >= 15 is 4.39 Å². The van der Waals surface area contributed by atoms with E-state index in [0.717, 1.165) is 6.07 Å². The van der Waals surface area contributed by atoms with Crippen molar-refractivity contribution in [2.24, 2.45) is 10.9 Å². The van der Waals surface area contributed by atoms with Crippen molar-refractivity contribution in [3.8, 4) is 11.6 Å². The molecule has 2 saturated carbocycles. The van der Waals surface area contributed by atoms with E-state index in [1.165, 1.54) is 30.3 Å². The number of sulfonamides is 1. The number of fused-ring (bicyclic) bond motifs is 3. The number of aliphatic imine (C=N–C) groups is 1. The van der Waals surface area contributed by atoms with Crippen molar-refractivity contribution in [3.05, 3.63) is 42.0 Å². The molecular weight excluding hydrogens is 765 g/mol. The molecule has 3 fully saturated rings. The van der Waals surface area contributed by atoms with Gasteiger partial charge < -0.3 is 30.0 Å². The average molecular weight is 814 g/mol. The van der Waals surface area contributed by atoms with E-state index in [1.54, 1.807) is 26.8 Å². The first kappa shape index (κ1) is 41.6. The Morgan fingerprint density at radius 2 is 1.95 bits per heavy atom. The van der Waals surface area contributed by atoms with Crippen LogP contribution < -0.4 is 24.8 Å². The molecule has 15 nitrogen and oxygen atoms in total. The Morgan fingerprint density at radius 1 is 1.19 bits per heavy atom. The number of allylic oxidation sites excluding steroid dienone is 1. The van der Waals surface area contributed by atoms with Gasteiger partial charge in [-0.2, -0.15) is 0 Å². The number of aromatic nitrogens is 1. The predicted molar refractivity (Wildman–Crippen MR) is 207 cm³/mol. The number of ether oxygens (including phenoxy) is 2. The van der Waals surface area contributed by atoms with E-state index < -0.39 is 79.7 Å². The normalized spacial score (nSPS) is 26.2. The molecule has 0 spiro atoms. The van der Waals surface area contributed by atoms with E-state index in [-0.39, 0.29) is 66.6 Å². The number of hydrogen-bond acceptors (Lipinski definition) is 11. The first-order valence-corrected chi connectivity index (χ1v) is 20.7. The highest BCUT2D eigenvalue weighted by Crippen LogP contribution is 2.47. The SMILES string of the molecule is CN=CCC(=N)C(=O)NC1CCCCCC=CC2CC2(C(=O)NS(=O)(=O)C2(C)CC2)NC(=O)C2CC(Oc3cc(OC(C)C)nc4c(F)c(F)ccc34)CN2C1=O. The topological polar surface area (TPSA) is 209 Å². The Bertz CT molecular complexity index is 2130. The molecule has 57 heavy (non-hydrogen) atoms. The van der Waals surface area contributed by atoms with Gasteiger partial charge in [0.25, 0.3) is 11.8 Å². The quantitative estimate of drug-likeness (QED) is 0.193. The average Bonchev–Trinajstić information content (AvgIpc) is 4.04. The first-order chi connectivity index (χ1) is 27.0. The fourth-order valence-corrected chi connectivity index (χ4v) is 8.54. The lowest BCUT2D eigenvalue weighted by Gasteiger charge is -2.30. The molecule has 4 aliphatic rings. The van der Waals surface area contributed by atoms with Crippen LogP contribution in [0.15, 0.2) is 35.3 Å². The molecule has 3 heterocycles. The molecule has 2 aliphatic heterocycles. The highest BCUT2D eigenvalue weighted by molar-refractivity contribution is 7.91. The summed E-state index contributed by atoms with van der Waals surface area (Å²) in [6.07, 6.45) is 7.21. The Morgan fingerprint density at radius 3 is 2.65 bits per heavy atom. The zero-order valence-corrected chi connectivity index (χ0v) is 33.2. The van der Waals surface area contributed by atoms with Gasteiger partial charge in [0.1, 0.15) is 40.7 Å². The summed E-state index contributed by atoms with van der Waals surface area (Å²) in [5, 5.41) is 13.8. The number of nitrogens with one attached hydrogen (secondary N) is 4. The van der Waals surface area contributed by atoms with Crippen molar-refractivity contribution in [2.45, 2.75) is 120 Å². The molecule has 4 amide bonds. The van der Waals surface area contributed by atoms with Gasteiger partial charge >= 0.3 is 0 Å². The second kappa shape index (κ2) is 16.5. The molecule has 6 rings (SSSR count). The van der Waals surface area contributed by atoms with Crippen molar-refractivity contribution in [2.75, 3.05) is 13.6 Å². The number of carbonyl (C=O) groups is 4. The number of carbonyl (C=O) groups excluding carboxylic acids is 4. The van der Waals surface area contributed by atoms with E-state index in [1.807, 2.05) is 6.08 Å². The zero-order chi connectivity index (χ0) is 41.3. The van der Waals surface area contributed by atoms with E-state index in [0.29, 0.717) is 38.5 Å². The minimum atomic E-state index is -4.06. The number of benzene rings is 1. The summed E-state index contributed by atoms with van der Waals surface area (Å²) in [5.41, 5.74) is -2.28. The molecule has 0 bridgehead atoms. The lowest BCUT2D eigenvalue weighted by atomic mass is 10.0. The van der Waals surface area contributed by atoms with Gasteiger partial charge in [-0.05, 0) is 71.4 Å². The number of rotatable bonds is 11. The third kappa shape index (κ3) is 8.95. The summed E-state index contributed by atoms with van der Waals surface area (Å²) in [5.74, 6) is -5.91. The molecule has 18 heteroatoms. The minimum Gasteiger partial charge on any atom is -0.488 e. The van der Waals surface area contributed by atoms with Gasteiger partial charge in [0.05, 0.1) is 17.4 Å². The maximum Gasteiger partial charge on any atom is 0.265 e. The van der Waals surface area contributed by atoms with Gasteiger partial charge in [-0.1, -0.05) is 25.0 Å². The maximum absolute atomic E-state index is 15.1. The van der Waals surface area contributed by atoms with Crippen molar-refractivity contribution in [1.29, 1.82) is 5.41 Å². The monoisotopic (exact) mass is 813 g/mol. The standard InChI is InChI=1S/C39H49F2N7O8S/c1-22(2)55-31-19-30(25-12-13-26(40)32(41)33(25)45-31)56-24-18-29-35(50)46-39(37(52)47-57(53,54)38(3)15-16-38)20-23(39)10-8-6-5-7-9-11-28(36(51)48(29)21-24)44-34(49)27(42)14-17-43-4/h8,10,12-13,17,19,22-24,28-29,42H,5-7,9,11,14-16,18,20-21H2,1-4H3,(H,44,49)(H,46,50)(H,47,52). The number of amides is 4. The second-order valence-electron chi connectivity index (χ2n) is 15.7. The second-order valence-corrected chi connectivity index (χ2v) is 17.9. The van der Waals surface area contributed by atoms with Gasteiger partial charge in [0, 0.05) is 43.5 Å². The van der Waals surface area contributed by atoms with Gasteiger partial charge in [0.2, 0.25) is 27.7 Å². The van der Waals surface area contributed by atoms with E-state index in [9.17, 15) is 32.0 Å². The molecule has 5 unspecified atom stereocenters. The van der Waals surface area contributed by atoms with Crippen LogP contribution in [0.3, 0.4) is 0 Å². The van der Waals surface area contributed by atoms with Crippen molar-refractivity contribution >= 4 is 56.5 Å². The smallest absolute Gasteiger partial charge is 0.265 e. The molecule has 5 atom stereocenters. The fourth-order valence-electron chi connectivity index (χ4n) is 7.23. The first-order valence-electron chi connectivity index (χ1n) is 19.3. The molecular formula is C39H49F2N7O8S. The summed E-state index contributed by atoms with van der Waals surface area (Å²) in [7, 11) is -2.55. The van der Waals surface area contributed by atoms with Gasteiger partial charge in [-0.3, -0.25) is 29.3 Å². The summed E-state index contributed by atoms with van der Waals surface area (Å²) in [6.45, 7) is 4.80. The molecule has 308 valence electrons. The van der Waals surface area contributed by atoms with Crippen molar-refractivity contribution in [1.82, 2.24) is 25.2 Å². The summed E-state index contributed by atoms with van der Waals surface area (Å²) in [6, 6.07) is 1.21. The highest BCUT2D eigenvalue weighted by atomic mass is 32.2. The van der Waals surface area contributed by atoms with Gasteiger partial charge in [0.15, 0.2) is 11.6 Å². The van der Waals surface area contributed by atoms with Crippen LogP contribution in [-0.2, 0) is 29.2 Å². The van der Waals surface area contributed by atoms with Crippen LogP contribution in [0.25, 0.3) is 10.9 Å². The molecule has 1 aromatic heterocycles. The van der Waals surface area contributed by atoms with Crippen LogP contribution in [0.1, 0.15) is 85.0 Å². The van der Waals surface area contributed by atoms with Crippen LogP contribution in [0.2, 0.25) is 0 Å². The predicted octanol–water partition coefficient (Wildman–Crippen LogP) is 3.64. The lowest BCUT2D eigenvalue weighted by Crippen LogP contribution is -2.58. The zero-order valence-electron chi connectivity index (χ0n) is 32.4. The number of hydrogen-bond donors (Lipinski definition) is 4. The summed E-state index contributed by atoms with van der Waals surface area (Å²) in [4.78, 5) is 65.2. The highest BCUT2D eigenvalue weighted by Gasteiger charge is 2.63. The van der Waals surface area contributed by atoms with Crippen LogP contribution in [0.4, 0.5) is 8.78 Å². The number of pyridine rings is 1. The molecule has 4 N–H and O–H groups in total.